The van der Waals surface area contributed by atoms with Crippen LogP contribution in [0.3, 0.4) is 0 Å². The van der Waals surface area contributed by atoms with E-state index in [1.165, 1.54) is 4.90 Å². The molecule has 0 bridgehead atoms. The van der Waals surface area contributed by atoms with Crippen LogP contribution in [0.2, 0.25) is 0 Å². The van der Waals surface area contributed by atoms with Gasteiger partial charge in [0, 0.05) is 25.5 Å². The Bertz CT molecular complexity index is 572. The number of amides is 1. The average Bonchev–Trinajstić information content (AvgIpc) is 2.64. The van der Waals surface area contributed by atoms with Crippen LogP contribution < -0.4 is 10.0 Å². The Morgan fingerprint density at radius 2 is 1.85 bits per heavy atom. The van der Waals surface area contributed by atoms with Gasteiger partial charge in [0.15, 0.2) is 0 Å². The SMILES string of the molecule is CC[NH+](CC)CC[C@H]1CN(C(=O)Cc2ccccc2)CC[C@H]1CC(=O)[O-]. The van der Waals surface area contributed by atoms with Crippen LogP contribution in [0.1, 0.15) is 38.7 Å². The highest BCUT2D eigenvalue weighted by Gasteiger charge is 2.32. The Labute approximate surface area is 157 Å². The molecule has 2 rings (SSSR count). The standard InChI is InChI=1S/C21H32N2O3/c1-3-22(4-2)12-10-19-16-23(13-11-18(19)15-21(25)26)20(24)14-17-8-6-5-7-9-17/h5-9,18-19H,3-4,10-16H2,1-2H3,(H,25,26)/t18-,19-/m0/s1. The predicted molar refractivity (Wildman–Crippen MR) is 99.5 cm³/mol. The molecule has 1 aromatic carbocycles. The summed E-state index contributed by atoms with van der Waals surface area (Å²) in [6, 6.07) is 9.80. The van der Waals surface area contributed by atoms with Gasteiger partial charge in [-0.1, -0.05) is 30.3 Å². The molecule has 0 radical (unpaired) electrons. The number of nitrogens with zero attached hydrogens (tertiary/aromatic N) is 1. The number of likely N-dealkylation sites (tertiary alicyclic amines) is 1. The number of carbonyl (C=O) groups excluding carboxylic acids is 2. The van der Waals surface area contributed by atoms with E-state index in [1.807, 2.05) is 35.2 Å². The lowest BCUT2D eigenvalue weighted by Gasteiger charge is -2.39. The zero-order valence-electron chi connectivity index (χ0n) is 16.1. The van der Waals surface area contributed by atoms with Crippen molar-refractivity contribution in [1.82, 2.24) is 4.90 Å². The van der Waals surface area contributed by atoms with E-state index in [4.69, 9.17) is 0 Å². The van der Waals surface area contributed by atoms with Gasteiger partial charge in [-0.15, -0.1) is 0 Å². The number of quaternary nitrogens is 1. The van der Waals surface area contributed by atoms with Gasteiger partial charge in [-0.05, 0) is 44.1 Å². The summed E-state index contributed by atoms with van der Waals surface area (Å²) < 4.78 is 0. The molecule has 1 aliphatic heterocycles. The molecule has 1 heterocycles. The summed E-state index contributed by atoms with van der Waals surface area (Å²) >= 11 is 0. The molecular weight excluding hydrogens is 328 g/mol. The molecule has 5 nitrogen and oxygen atoms in total. The molecule has 0 unspecified atom stereocenters. The minimum Gasteiger partial charge on any atom is -0.550 e. The predicted octanol–water partition coefficient (Wildman–Crippen LogP) is 0.149. The van der Waals surface area contributed by atoms with E-state index in [9.17, 15) is 14.7 Å². The first-order valence-electron chi connectivity index (χ1n) is 9.88. The number of aliphatic carboxylic acids is 1. The van der Waals surface area contributed by atoms with Crippen molar-refractivity contribution in [1.29, 1.82) is 0 Å². The van der Waals surface area contributed by atoms with Gasteiger partial charge in [0.1, 0.15) is 0 Å². The quantitative estimate of drug-likeness (QED) is 0.682. The van der Waals surface area contributed by atoms with Gasteiger partial charge in [0.25, 0.3) is 0 Å². The van der Waals surface area contributed by atoms with Crippen molar-refractivity contribution in [3.8, 4) is 0 Å². The van der Waals surface area contributed by atoms with Crippen molar-refractivity contribution in [3.05, 3.63) is 35.9 Å². The third-order valence-electron chi connectivity index (χ3n) is 5.74. The maximum absolute atomic E-state index is 12.7. The van der Waals surface area contributed by atoms with Gasteiger partial charge in [-0.3, -0.25) is 4.79 Å². The Kier molecular flexibility index (Phi) is 8.10. The normalized spacial score (nSPS) is 20.3. The topological polar surface area (TPSA) is 64.9 Å². The molecule has 1 saturated heterocycles. The first kappa shape index (κ1) is 20.4. The number of hydrogen-bond donors (Lipinski definition) is 1. The molecule has 1 N–H and O–H groups in total. The van der Waals surface area contributed by atoms with E-state index in [1.54, 1.807) is 0 Å². The number of nitrogens with one attached hydrogen (secondary N) is 1. The van der Waals surface area contributed by atoms with Gasteiger partial charge < -0.3 is 19.7 Å². The molecule has 0 aromatic heterocycles. The lowest BCUT2D eigenvalue weighted by Crippen LogP contribution is -3.11. The van der Waals surface area contributed by atoms with Gasteiger partial charge in [-0.25, -0.2) is 0 Å². The number of carboxylic acid groups (broad SMARTS) is 1. The number of carbonyl (C=O) groups is 2. The lowest BCUT2D eigenvalue weighted by atomic mass is 9.81. The number of piperidine rings is 1. The van der Waals surface area contributed by atoms with E-state index in [2.05, 4.69) is 13.8 Å². The molecule has 5 heteroatoms. The second kappa shape index (κ2) is 10.3. The van der Waals surface area contributed by atoms with Crippen LogP contribution in [-0.4, -0.2) is 49.5 Å². The summed E-state index contributed by atoms with van der Waals surface area (Å²) in [5, 5.41) is 11.1. The van der Waals surface area contributed by atoms with Crippen LogP contribution in [0.15, 0.2) is 30.3 Å². The van der Waals surface area contributed by atoms with Crippen molar-refractivity contribution < 1.29 is 19.6 Å². The molecule has 1 aromatic rings. The molecule has 1 amide bonds. The van der Waals surface area contributed by atoms with Crippen LogP contribution in [0.25, 0.3) is 0 Å². The Morgan fingerprint density at radius 1 is 1.15 bits per heavy atom. The van der Waals surface area contributed by atoms with Crippen LogP contribution in [0.5, 0.6) is 0 Å². The third-order valence-corrected chi connectivity index (χ3v) is 5.74. The highest BCUT2D eigenvalue weighted by molar-refractivity contribution is 5.79. The van der Waals surface area contributed by atoms with Crippen molar-refractivity contribution in [2.24, 2.45) is 11.8 Å². The molecule has 1 aliphatic rings. The smallest absolute Gasteiger partial charge is 0.226 e. The maximum atomic E-state index is 12.7. The highest BCUT2D eigenvalue weighted by Crippen LogP contribution is 2.29. The van der Waals surface area contributed by atoms with Crippen molar-refractivity contribution in [2.45, 2.75) is 39.5 Å². The number of hydrogen-bond acceptors (Lipinski definition) is 3. The van der Waals surface area contributed by atoms with Gasteiger partial charge in [0.2, 0.25) is 5.91 Å². The Morgan fingerprint density at radius 3 is 2.46 bits per heavy atom. The Hall–Kier alpha value is -1.88. The van der Waals surface area contributed by atoms with Gasteiger partial charge in [-0.2, -0.15) is 0 Å². The number of benzene rings is 1. The van der Waals surface area contributed by atoms with Crippen molar-refractivity contribution in [3.63, 3.8) is 0 Å². The minimum atomic E-state index is -0.973. The second-order valence-corrected chi connectivity index (χ2v) is 7.38. The highest BCUT2D eigenvalue weighted by atomic mass is 16.4. The van der Waals surface area contributed by atoms with E-state index in [0.29, 0.717) is 19.5 Å². The van der Waals surface area contributed by atoms with Crippen LogP contribution in [0.4, 0.5) is 0 Å². The zero-order chi connectivity index (χ0) is 18.9. The average molecular weight is 360 g/mol. The maximum Gasteiger partial charge on any atom is 0.226 e. The molecule has 144 valence electrons. The second-order valence-electron chi connectivity index (χ2n) is 7.38. The van der Waals surface area contributed by atoms with Crippen LogP contribution in [-0.2, 0) is 16.0 Å². The number of carboxylic acids is 1. The molecule has 0 spiro atoms. The molecule has 2 atom stereocenters. The van der Waals surface area contributed by atoms with E-state index < -0.39 is 5.97 Å². The molecule has 0 aliphatic carbocycles. The van der Waals surface area contributed by atoms with Crippen molar-refractivity contribution in [2.75, 3.05) is 32.7 Å². The summed E-state index contributed by atoms with van der Waals surface area (Å²) in [6.07, 6.45) is 2.25. The summed E-state index contributed by atoms with van der Waals surface area (Å²) in [4.78, 5) is 27.3. The van der Waals surface area contributed by atoms with Gasteiger partial charge in [0.05, 0.1) is 26.1 Å². The fourth-order valence-corrected chi connectivity index (χ4v) is 3.99. The molecular formula is C21H32N2O3. The van der Waals surface area contributed by atoms with Gasteiger partial charge >= 0.3 is 0 Å². The molecule has 26 heavy (non-hydrogen) atoms. The van der Waals surface area contributed by atoms with Crippen molar-refractivity contribution >= 4 is 11.9 Å². The summed E-state index contributed by atoms with van der Waals surface area (Å²) in [5.41, 5.74) is 1.03. The third kappa shape index (κ3) is 6.13. The molecule has 0 saturated carbocycles. The van der Waals surface area contributed by atoms with Crippen LogP contribution >= 0.6 is 0 Å². The fraction of sp³-hybridized carbons (Fsp3) is 0.619. The van der Waals surface area contributed by atoms with E-state index in [-0.39, 0.29) is 24.2 Å². The Balaban J connectivity index is 1.98. The van der Waals surface area contributed by atoms with E-state index in [0.717, 1.165) is 38.0 Å². The van der Waals surface area contributed by atoms with E-state index >= 15 is 0 Å². The largest absolute Gasteiger partial charge is 0.550 e. The molecule has 1 fully saturated rings. The first-order valence-corrected chi connectivity index (χ1v) is 9.88. The monoisotopic (exact) mass is 360 g/mol. The fourth-order valence-electron chi connectivity index (χ4n) is 3.99. The van der Waals surface area contributed by atoms with Crippen LogP contribution in [0, 0.1) is 11.8 Å². The number of rotatable bonds is 9. The zero-order valence-corrected chi connectivity index (χ0v) is 16.1. The lowest BCUT2D eigenvalue weighted by molar-refractivity contribution is -0.897. The first-order chi connectivity index (χ1) is 12.5. The summed E-state index contributed by atoms with van der Waals surface area (Å²) in [7, 11) is 0. The summed E-state index contributed by atoms with van der Waals surface area (Å²) in [6.45, 7) is 8.85. The minimum absolute atomic E-state index is 0.110. The summed E-state index contributed by atoms with van der Waals surface area (Å²) in [5.74, 6) is -0.465.